The summed E-state index contributed by atoms with van der Waals surface area (Å²) >= 11 is 0. The van der Waals surface area contributed by atoms with Gasteiger partial charge in [0.25, 0.3) is 5.91 Å². The van der Waals surface area contributed by atoms with E-state index < -0.39 is 23.8 Å². The lowest BCUT2D eigenvalue weighted by Crippen LogP contribution is -2.55. The molecule has 3 heterocycles. The number of benzene rings is 2. The fourth-order valence-electron chi connectivity index (χ4n) is 6.08. The minimum absolute atomic E-state index is 0.0470. The molecular weight excluding hydrogens is 565 g/mol. The SMILES string of the molecule is CC(C)[C@@H]1CN(C(=O)CN2CCOc3ccccc3C2)CC(=O)NCCCc2ccc(F)c(c2)C(=O)N2CCC[C@H]2C(=O)N1. The third-order valence-electron chi connectivity index (χ3n) is 8.67. The van der Waals surface area contributed by atoms with E-state index in [0.29, 0.717) is 58.5 Å². The first-order valence-corrected chi connectivity index (χ1v) is 15.6. The third kappa shape index (κ3) is 7.56. The molecule has 5 rings (SSSR count). The van der Waals surface area contributed by atoms with E-state index in [9.17, 15) is 23.6 Å². The van der Waals surface area contributed by atoms with E-state index in [1.807, 2.05) is 43.0 Å². The quantitative estimate of drug-likeness (QED) is 0.555. The summed E-state index contributed by atoms with van der Waals surface area (Å²) in [5, 5.41) is 5.96. The van der Waals surface area contributed by atoms with E-state index in [2.05, 4.69) is 10.6 Å². The van der Waals surface area contributed by atoms with E-state index in [4.69, 9.17) is 4.74 Å². The lowest BCUT2D eigenvalue weighted by Gasteiger charge is -2.33. The molecule has 2 aromatic carbocycles. The lowest BCUT2D eigenvalue weighted by atomic mass is 10.0. The van der Waals surface area contributed by atoms with Crippen LogP contribution < -0.4 is 15.4 Å². The molecule has 2 bridgehead atoms. The van der Waals surface area contributed by atoms with Crippen molar-refractivity contribution in [2.24, 2.45) is 5.92 Å². The Bertz CT molecular complexity index is 1380. The molecular formula is C33H42FN5O5. The minimum Gasteiger partial charge on any atom is -0.492 e. The number of para-hydroxylation sites is 1. The average molecular weight is 608 g/mol. The summed E-state index contributed by atoms with van der Waals surface area (Å²) in [5.74, 6) is -1.24. The number of rotatable bonds is 3. The molecule has 2 atom stereocenters. The molecule has 0 aromatic heterocycles. The van der Waals surface area contributed by atoms with Crippen molar-refractivity contribution >= 4 is 23.6 Å². The van der Waals surface area contributed by atoms with E-state index in [1.165, 1.54) is 15.9 Å². The van der Waals surface area contributed by atoms with Gasteiger partial charge in [-0.1, -0.05) is 38.1 Å². The Labute approximate surface area is 257 Å². The van der Waals surface area contributed by atoms with Crippen LogP contribution in [0.3, 0.4) is 0 Å². The van der Waals surface area contributed by atoms with Crippen LogP contribution in [0.5, 0.6) is 5.75 Å². The second-order valence-electron chi connectivity index (χ2n) is 12.2. The van der Waals surface area contributed by atoms with Gasteiger partial charge in [0.15, 0.2) is 0 Å². The zero-order chi connectivity index (χ0) is 31.2. The first-order valence-electron chi connectivity index (χ1n) is 15.6. The number of fused-ring (bicyclic) bond motifs is 4. The molecule has 236 valence electrons. The third-order valence-corrected chi connectivity index (χ3v) is 8.67. The zero-order valence-electron chi connectivity index (χ0n) is 25.5. The Morgan fingerprint density at radius 1 is 1.07 bits per heavy atom. The molecule has 11 heteroatoms. The number of hydrogen-bond donors (Lipinski definition) is 2. The Hall–Kier alpha value is -3.99. The number of halogens is 1. The van der Waals surface area contributed by atoms with Gasteiger partial charge in [-0.15, -0.1) is 0 Å². The highest BCUT2D eigenvalue weighted by Gasteiger charge is 2.37. The van der Waals surface area contributed by atoms with Gasteiger partial charge in [-0.3, -0.25) is 24.1 Å². The summed E-state index contributed by atoms with van der Waals surface area (Å²) in [6, 6.07) is 11.0. The number of amides is 4. The van der Waals surface area contributed by atoms with E-state index in [-0.39, 0.29) is 48.8 Å². The maximum Gasteiger partial charge on any atom is 0.257 e. The summed E-state index contributed by atoms with van der Waals surface area (Å²) in [7, 11) is 0. The van der Waals surface area contributed by atoms with Crippen molar-refractivity contribution in [3.63, 3.8) is 0 Å². The van der Waals surface area contributed by atoms with Crippen molar-refractivity contribution in [1.82, 2.24) is 25.3 Å². The predicted molar refractivity (Wildman–Crippen MR) is 162 cm³/mol. The van der Waals surface area contributed by atoms with Gasteiger partial charge in [0, 0.05) is 44.3 Å². The topological polar surface area (TPSA) is 111 Å². The molecule has 0 saturated carbocycles. The number of ether oxygens (including phenoxy) is 1. The summed E-state index contributed by atoms with van der Waals surface area (Å²) in [6.45, 7) is 6.22. The standard InChI is InChI=1S/C33H42FN5O5/c1-22(2)27-19-38(31(41)21-37-15-16-44-29-10-4-3-8-24(29)18-37)20-30(40)35-13-5-7-23-11-12-26(34)25(17-23)33(43)39-14-6-9-28(39)32(42)36-27/h3-4,8,10-12,17,22,27-28H,5-7,9,13-16,18-21H2,1-2H3,(H,35,40)(H,36,42)/t27-,28-/m0/s1. The molecule has 0 radical (unpaired) electrons. The van der Waals surface area contributed by atoms with E-state index in [1.54, 1.807) is 12.1 Å². The lowest BCUT2D eigenvalue weighted by molar-refractivity contribution is -0.138. The molecule has 0 aliphatic carbocycles. The van der Waals surface area contributed by atoms with E-state index in [0.717, 1.165) is 16.9 Å². The van der Waals surface area contributed by atoms with Crippen molar-refractivity contribution in [2.45, 2.75) is 58.2 Å². The Kier molecular flexibility index (Phi) is 10.1. The van der Waals surface area contributed by atoms with Gasteiger partial charge < -0.3 is 25.2 Å². The molecule has 4 amide bonds. The van der Waals surface area contributed by atoms with E-state index >= 15 is 0 Å². The van der Waals surface area contributed by atoms with Gasteiger partial charge in [0.1, 0.15) is 24.2 Å². The van der Waals surface area contributed by atoms with Gasteiger partial charge in [0.05, 0.1) is 18.7 Å². The first kappa shape index (κ1) is 31.4. The van der Waals surface area contributed by atoms with Crippen LogP contribution in [0.15, 0.2) is 42.5 Å². The minimum atomic E-state index is -0.743. The first-order chi connectivity index (χ1) is 21.2. The highest BCUT2D eigenvalue weighted by atomic mass is 19.1. The zero-order valence-corrected chi connectivity index (χ0v) is 25.5. The van der Waals surface area contributed by atoms with Crippen LogP contribution in [0, 0.1) is 11.7 Å². The van der Waals surface area contributed by atoms with Crippen molar-refractivity contribution in [3.8, 4) is 5.75 Å². The number of hydrogen-bond acceptors (Lipinski definition) is 6. The molecule has 10 nitrogen and oxygen atoms in total. The molecule has 1 fully saturated rings. The highest BCUT2D eigenvalue weighted by Crippen LogP contribution is 2.24. The summed E-state index contributed by atoms with van der Waals surface area (Å²) in [4.78, 5) is 59.0. The van der Waals surface area contributed by atoms with Crippen LogP contribution in [0.25, 0.3) is 0 Å². The van der Waals surface area contributed by atoms with Gasteiger partial charge in [0.2, 0.25) is 17.7 Å². The number of nitrogens with zero attached hydrogens (tertiary/aromatic N) is 3. The highest BCUT2D eigenvalue weighted by molar-refractivity contribution is 5.98. The van der Waals surface area contributed by atoms with Crippen LogP contribution >= 0.6 is 0 Å². The number of carbonyl (C=O) groups excluding carboxylic acids is 4. The predicted octanol–water partition coefficient (Wildman–Crippen LogP) is 2.36. The molecule has 0 unspecified atom stereocenters. The Morgan fingerprint density at radius 3 is 2.70 bits per heavy atom. The maximum atomic E-state index is 14.8. The Balaban J connectivity index is 1.37. The maximum absolute atomic E-state index is 14.8. The van der Waals surface area contributed by atoms with Crippen LogP contribution in [0.4, 0.5) is 4.39 Å². The van der Waals surface area contributed by atoms with Crippen molar-refractivity contribution in [1.29, 1.82) is 0 Å². The van der Waals surface area contributed by atoms with Gasteiger partial charge >= 0.3 is 0 Å². The second-order valence-corrected chi connectivity index (χ2v) is 12.2. The van der Waals surface area contributed by atoms with Crippen LogP contribution in [0.2, 0.25) is 0 Å². The summed E-state index contributed by atoms with van der Waals surface area (Å²) in [6.07, 6.45) is 2.20. The molecule has 44 heavy (non-hydrogen) atoms. The van der Waals surface area contributed by atoms with Crippen molar-refractivity contribution in [2.75, 3.05) is 45.9 Å². The summed E-state index contributed by atoms with van der Waals surface area (Å²) in [5.41, 5.74) is 1.72. The van der Waals surface area contributed by atoms with Gasteiger partial charge in [-0.05, 0) is 55.4 Å². The fourth-order valence-corrected chi connectivity index (χ4v) is 6.08. The normalized spacial score (nSPS) is 22.3. The van der Waals surface area contributed by atoms with Crippen molar-refractivity contribution in [3.05, 3.63) is 65.0 Å². The summed E-state index contributed by atoms with van der Waals surface area (Å²) < 4.78 is 20.7. The van der Waals surface area contributed by atoms with Crippen LogP contribution in [-0.2, 0) is 27.3 Å². The molecule has 0 spiro atoms. The molecule has 2 N–H and O–H groups in total. The van der Waals surface area contributed by atoms with Gasteiger partial charge in [-0.25, -0.2) is 4.39 Å². The second kappa shape index (κ2) is 14.2. The Morgan fingerprint density at radius 2 is 1.89 bits per heavy atom. The molecule has 1 saturated heterocycles. The van der Waals surface area contributed by atoms with Crippen LogP contribution in [0.1, 0.15) is 54.6 Å². The fraction of sp³-hybridized carbons (Fsp3) is 0.515. The monoisotopic (exact) mass is 607 g/mol. The largest absolute Gasteiger partial charge is 0.492 e. The van der Waals surface area contributed by atoms with Gasteiger partial charge in [-0.2, -0.15) is 0 Å². The van der Waals surface area contributed by atoms with Crippen LogP contribution in [-0.4, -0.2) is 96.3 Å². The average Bonchev–Trinajstić information content (AvgIpc) is 3.40. The number of aryl methyl sites for hydroxylation is 1. The van der Waals surface area contributed by atoms with Crippen molar-refractivity contribution < 1.29 is 28.3 Å². The molecule has 3 aliphatic heterocycles. The molecule has 2 aromatic rings. The smallest absolute Gasteiger partial charge is 0.257 e. The number of nitrogens with one attached hydrogen (secondary N) is 2. The number of carbonyl (C=O) groups is 4. The molecule has 3 aliphatic rings.